The third-order valence-corrected chi connectivity index (χ3v) is 4.53. The first kappa shape index (κ1) is 19.2. The van der Waals surface area contributed by atoms with Gasteiger partial charge in [-0.3, -0.25) is 0 Å². The number of rotatable bonds is 3. The Morgan fingerprint density at radius 3 is 2.69 bits per heavy atom. The summed E-state index contributed by atoms with van der Waals surface area (Å²) < 4.78 is 23.6. The van der Waals surface area contributed by atoms with E-state index in [2.05, 4.69) is 20.1 Å². The first-order valence-corrected chi connectivity index (χ1v) is 9.44. The summed E-state index contributed by atoms with van der Waals surface area (Å²) in [6.07, 6.45) is -0.321. The van der Waals surface area contributed by atoms with Crippen molar-refractivity contribution >= 4 is 23.1 Å². The van der Waals surface area contributed by atoms with Crippen LogP contribution in [0.2, 0.25) is 0 Å². The van der Waals surface area contributed by atoms with Crippen LogP contribution < -0.4 is 4.90 Å². The molecule has 3 aromatic rings. The zero-order valence-electron chi connectivity index (χ0n) is 16.6. The minimum atomic E-state index is -0.536. The molecule has 1 fully saturated rings. The average molecular weight is 402 g/mol. The van der Waals surface area contributed by atoms with Crippen molar-refractivity contribution in [3.05, 3.63) is 23.8 Å². The Hall–Kier alpha value is -3.17. The monoisotopic (exact) mass is 402 g/mol. The smallest absolute Gasteiger partial charge is 0.410 e. The number of anilines is 1. The molecule has 154 valence electrons. The third-order valence-electron chi connectivity index (χ3n) is 4.53. The predicted octanol–water partition coefficient (Wildman–Crippen LogP) is 3.14. The van der Waals surface area contributed by atoms with E-state index in [4.69, 9.17) is 9.26 Å². The first-order chi connectivity index (χ1) is 13.8. The number of hydrogen-bond acceptors (Lipinski definition) is 7. The summed E-state index contributed by atoms with van der Waals surface area (Å²) >= 11 is 0. The predicted molar refractivity (Wildman–Crippen MR) is 104 cm³/mol. The lowest BCUT2D eigenvalue weighted by Gasteiger charge is -2.34. The van der Waals surface area contributed by atoms with Crippen molar-refractivity contribution in [1.29, 1.82) is 0 Å². The SMILES string of the molecule is CC(C)(C)OC(=O)N1CCN(c2nc(-c3nc4ccc(CF)cc4[nH]3)no2)CC1. The lowest BCUT2D eigenvalue weighted by molar-refractivity contribution is 0.0238. The molecule has 4 rings (SSSR count). The van der Waals surface area contributed by atoms with Gasteiger partial charge in [0.05, 0.1) is 11.0 Å². The summed E-state index contributed by atoms with van der Waals surface area (Å²) in [4.78, 5) is 27.7. The molecule has 0 spiro atoms. The van der Waals surface area contributed by atoms with Crippen LogP contribution >= 0.6 is 0 Å². The normalized spacial score (nSPS) is 15.2. The number of alkyl halides is 1. The van der Waals surface area contributed by atoms with Gasteiger partial charge in [-0.15, -0.1) is 0 Å². The fourth-order valence-electron chi connectivity index (χ4n) is 3.09. The molecule has 0 saturated carbocycles. The van der Waals surface area contributed by atoms with Crippen molar-refractivity contribution in [3.63, 3.8) is 0 Å². The van der Waals surface area contributed by atoms with E-state index in [9.17, 15) is 9.18 Å². The Morgan fingerprint density at radius 1 is 1.24 bits per heavy atom. The standard InChI is InChI=1S/C19H23FN6O3/c1-19(2,3)28-18(27)26-8-6-25(7-9-26)17-23-16(24-29-17)15-21-13-5-4-12(11-20)10-14(13)22-15/h4-5,10H,6-9,11H2,1-3H3,(H,21,22). The van der Waals surface area contributed by atoms with Gasteiger partial charge in [-0.2, -0.15) is 4.98 Å². The number of amides is 1. The molecule has 0 aliphatic carbocycles. The number of halogens is 1. The Morgan fingerprint density at radius 2 is 2.00 bits per heavy atom. The summed E-state index contributed by atoms with van der Waals surface area (Å²) in [6.45, 7) is 7.12. The summed E-state index contributed by atoms with van der Waals surface area (Å²) in [5, 5.41) is 4.00. The van der Waals surface area contributed by atoms with E-state index in [0.717, 1.165) is 0 Å². The number of hydrogen-bond donors (Lipinski definition) is 1. The molecule has 1 amide bonds. The lowest BCUT2D eigenvalue weighted by atomic mass is 10.2. The van der Waals surface area contributed by atoms with E-state index < -0.39 is 12.3 Å². The number of carbonyl (C=O) groups excluding carboxylic acids is 1. The van der Waals surface area contributed by atoms with Crippen molar-refractivity contribution in [3.8, 4) is 11.6 Å². The van der Waals surface area contributed by atoms with Crippen LogP contribution in [0, 0.1) is 0 Å². The number of H-pyrrole nitrogens is 1. The molecule has 1 N–H and O–H groups in total. The molecule has 10 heteroatoms. The fraction of sp³-hybridized carbons (Fsp3) is 0.474. The molecule has 1 saturated heterocycles. The molecule has 3 heterocycles. The number of imidazole rings is 1. The zero-order valence-corrected chi connectivity index (χ0v) is 16.6. The average Bonchev–Trinajstić information content (AvgIpc) is 3.33. The van der Waals surface area contributed by atoms with Gasteiger partial charge in [0.25, 0.3) is 0 Å². The minimum Gasteiger partial charge on any atom is -0.444 e. The number of nitrogens with zero attached hydrogens (tertiary/aromatic N) is 5. The second kappa shape index (κ2) is 7.34. The number of aromatic nitrogens is 4. The van der Waals surface area contributed by atoms with Gasteiger partial charge in [0, 0.05) is 26.2 Å². The number of ether oxygens (including phenoxy) is 1. The molecule has 29 heavy (non-hydrogen) atoms. The van der Waals surface area contributed by atoms with Crippen LogP contribution in [0.1, 0.15) is 26.3 Å². The molecule has 0 bridgehead atoms. The largest absolute Gasteiger partial charge is 0.444 e. The van der Waals surface area contributed by atoms with E-state index in [-0.39, 0.29) is 6.09 Å². The summed E-state index contributed by atoms with van der Waals surface area (Å²) in [5.74, 6) is 0.783. The van der Waals surface area contributed by atoms with E-state index in [1.54, 1.807) is 23.1 Å². The van der Waals surface area contributed by atoms with E-state index in [0.29, 0.717) is 60.4 Å². The molecule has 1 aliphatic heterocycles. The van der Waals surface area contributed by atoms with Crippen LogP contribution in [0.4, 0.5) is 15.2 Å². The van der Waals surface area contributed by atoms with Crippen molar-refractivity contribution < 1.29 is 18.4 Å². The maximum Gasteiger partial charge on any atom is 0.410 e. The summed E-state index contributed by atoms with van der Waals surface area (Å²) in [6, 6.07) is 5.52. The van der Waals surface area contributed by atoms with Gasteiger partial charge < -0.3 is 24.0 Å². The molecule has 0 atom stereocenters. The van der Waals surface area contributed by atoms with Crippen LogP contribution in [-0.2, 0) is 11.4 Å². The Labute approximate surface area is 166 Å². The highest BCUT2D eigenvalue weighted by atomic mass is 19.1. The topological polar surface area (TPSA) is 100 Å². The van der Waals surface area contributed by atoms with Crippen molar-refractivity contribution in [2.45, 2.75) is 33.0 Å². The minimum absolute atomic E-state index is 0.321. The van der Waals surface area contributed by atoms with Crippen LogP contribution in [0.15, 0.2) is 22.7 Å². The van der Waals surface area contributed by atoms with Crippen LogP contribution in [0.5, 0.6) is 0 Å². The van der Waals surface area contributed by atoms with Crippen LogP contribution in [-0.4, -0.2) is 62.9 Å². The van der Waals surface area contributed by atoms with Gasteiger partial charge >= 0.3 is 12.1 Å². The maximum absolute atomic E-state index is 12.8. The molecule has 2 aromatic heterocycles. The lowest BCUT2D eigenvalue weighted by Crippen LogP contribution is -2.50. The molecule has 1 aromatic carbocycles. The molecular formula is C19H23FN6O3. The number of benzene rings is 1. The van der Waals surface area contributed by atoms with Crippen molar-refractivity contribution in [2.75, 3.05) is 31.1 Å². The van der Waals surface area contributed by atoms with Crippen molar-refractivity contribution in [1.82, 2.24) is 25.0 Å². The molecular weight excluding hydrogens is 379 g/mol. The Balaban J connectivity index is 1.43. The van der Waals surface area contributed by atoms with Gasteiger partial charge in [0.2, 0.25) is 5.82 Å². The number of fused-ring (bicyclic) bond motifs is 1. The number of carbonyl (C=O) groups is 1. The van der Waals surface area contributed by atoms with Gasteiger partial charge in [-0.05, 0) is 38.5 Å². The highest BCUT2D eigenvalue weighted by molar-refractivity contribution is 5.79. The Kier molecular flexibility index (Phi) is 4.85. The van der Waals surface area contributed by atoms with Gasteiger partial charge in [-0.25, -0.2) is 14.2 Å². The van der Waals surface area contributed by atoms with E-state index in [1.807, 2.05) is 25.7 Å². The molecule has 0 unspecified atom stereocenters. The summed E-state index contributed by atoms with van der Waals surface area (Å²) in [7, 11) is 0. The van der Waals surface area contributed by atoms with Crippen LogP contribution in [0.25, 0.3) is 22.7 Å². The maximum atomic E-state index is 12.8. The molecule has 0 radical (unpaired) electrons. The van der Waals surface area contributed by atoms with E-state index >= 15 is 0 Å². The highest BCUT2D eigenvalue weighted by Crippen LogP contribution is 2.23. The Bertz CT molecular complexity index is 1020. The molecule has 9 nitrogen and oxygen atoms in total. The number of aromatic amines is 1. The van der Waals surface area contributed by atoms with Gasteiger partial charge in [0.1, 0.15) is 12.3 Å². The first-order valence-electron chi connectivity index (χ1n) is 9.44. The zero-order chi connectivity index (χ0) is 20.6. The van der Waals surface area contributed by atoms with Crippen LogP contribution in [0.3, 0.4) is 0 Å². The second-order valence-corrected chi connectivity index (χ2v) is 7.93. The third kappa shape index (κ3) is 4.15. The quantitative estimate of drug-likeness (QED) is 0.718. The fourth-order valence-corrected chi connectivity index (χ4v) is 3.09. The molecule has 1 aliphatic rings. The van der Waals surface area contributed by atoms with Gasteiger partial charge in [0.15, 0.2) is 5.82 Å². The highest BCUT2D eigenvalue weighted by Gasteiger charge is 2.28. The van der Waals surface area contributed by atoms with Gasteiger partial charge in [-0.1, -0.05) is 11.2 Å². The van der Waals surface area contributed by atoms with Crippen molar-refractivity contribution in [2.24, 2.45) is 0 Å². The summed E-state index contributed by atoms with van der Waals surface area (Å²) in [5.41, 5.74) is 1.47. The van der Waals surface area contributed by atoms with E-state index in [1.165, 1.54) is 0 Å². The number of piperazine rings is 1. The number of nitrogens with one attached hydrogen (secondary N) is 1. The second-order valence-electron chi connectivity index (χ2n) is 7.93.